The van der Waals surface area contributed by atoms with E-state index < -0.39 is 36.3 Å². The molecule has 9 nitrogen and oxygen atoms in total. The Morgan fingerprint density at radius 3 is 2.08 bits per heavy atom. The average molecular weight is 485 g/mol. The molecule has 0 aromatic heterocycles. The first-order valence-corrected chi connectivity index (χ1v) is 11.7. The number of esters is 1. The van der Waals surface area contributed by atoms with Crippen LogP contribution < -0.4 is 15.5 Å². The third-order valence-electron chi connectivity index (χ3n) is 6.41. The number of ether oxygens (including phenoxy) is 1. The van der Waals surface area contributed by atoms with Gasteiger partial charge in [-0.1, -0.05) is 37.1 Å². The van der Waals surface area contributed by atoms with Crippen LogP contribution in [-0.4, -0.2) is 42.4 Å². The Kier molecular flexibility index (Phi) is 6.20. The van der Waals surface area contributed by atoms with Crippen LogP contribution in [0.4, 0.5) is 10.5 Å². The number of carbonyl (C=O) groups is 5. The summed E-state index contributed by atoms with van der Waals surface area (Å²) in [4.78, 5) is 63.5. The predicted molar refractivity (Wildman–Crippen MR) is 131 cm³/mol. The highest BCUT2D eigenvalue weighted by atomic mass is 16.5. The number of urea groups is 1. The lowest BCUT2D eigenvalue weighted by molar-refractivity contribution is -0.123. The summed E-state index contributed by atoms with van der Waals surface area (Å²) < 4.78 is 4.99. The van der Waals surface area contributed by atoms with Crippen molar-refractivity contribution in [3.8, 4) is 0 Å². The second-order valence-electron chi connectivity index (χ2n) is 8.78. The van der Waals surface area contributed by atoms with E-state index in [2.05, 4.69) is 10.6 Å². The van der Waals surface area contributed by atoms with E-state index >= 15 is 0 Å². The molecule has 1 heterocycles. The van der Waals surface area contributed by atoms with Crippen molar-refractivity contribution in [2.75, 3.05) is 11.5 Å². The fourth-order valence-electron chi connectivity index (χ4n) is 4.68. The quantitative estimate of drug-likeness (QED) is 0.421. The Morgan fingerprint density at radius 2 is 1.47 bits per heavy atom. The molecule has 3 aromatic rings. The Hall–Kier alpha value is -4.53. The lowest BCUT2D eigenvalue weighted by Gasteiger charge is -2.27. The largest absolute Gasteiger partial charge is 0.452 e. The van der Waals surface area contributed by atoms with Gasteiger partial charge >= 0.3 is 12.0 Å². The van der Waals surface area contributed by atoms with Gasteiger partial charge in [0.2, 0.25) is 0 Å². The average Bonchev–Trinajstić information content (AvgIpc) is 3.39. The third kappa shape index (κ3) is 4.43. The summed E-state index contributed by atoms with van der Waals surface area (Å²) in [6.45, 7) is -0.622. The monoisotopic (exact) mass is 485 g/mol. The van der Waals surface area contributed by atoms with Crippen molar-refractivity contribution >= 4 is 46.2 Å². The van der Waals surface area contributed by atoms with Crippen LogP contribution in [0.3, 0.4) is 0 Å². The van der Waals surface area contributed by atoms with Gasteiger partial charge in [0.15, 0.2) is 6.61 Å². The molecule has 0 radical (unpaired) electrons. The number of nitrogens with zero attached hydrogens (tertiary/aromatic N) is 1. The molecular weight excluding hydrogens is 462 g/mol. The van der Waals surface area contributed by atoms with Crippen LogP contribution in [0, 0.1) is 0 Å². The summed E-state index contributed by atoms with van der Waals surface area (Å²) in [6.07, 6.45) is 3.84. The van der Waals surface area contributed by atoms with E-state index in [1.165, 1.54) is 24.3 Å². The summed E-state index contributed by atoms with van der Waals surface area (Å²) in [5, 5.41) is 6.30. The van der Waals surface area contributed by atoms with E-state index in [9.17, 15) is 24.0 Å². The minimum Gasteiger partial charge on any atom is -0.452 e. The van der Waals surface area contributed by atoms with Gasteiger partial charge in [0.1, 0.15) is 0 Å². The minimum absolute atomic E-state index is 0.0546. The van der Waals surface area contributed by atoms with Gasteiger partial charge < -0.3 is 10.1 Å². The highest BCUT2D eigenvalue weighted by molar-refractivity contribution is 6.35. The van der Waals surface area contributed by atoms with E-state index in [0.717, 1.165) is 36.0 Å². The lowest BCUT2D eigenvalue weighted by Crippen LogP contribution is -2.45. The predicted octanol–water partition coefficient (Wildman–Crippen LogP) is 3.57. The van der Waals surface area contributed by atoms with E-state index in [1.807, 2.05) is 12.1 Å². The summed E-state index contributed by atoms with van der Waals surface area (Å²) in [7, 11) is 0. The van der Waals surface area contributed by atoms with Gasteiger partial charge in [-0.15, -0.1) is 0 Å². The number of nitrogens with one attached hydrogen (secondary N) is 2. The van der Waals surface area contributed by atoms with Crippen molar-refractivity contribution in [2.24, 2.45) is 0 Å². The zero-order valence-corrected chi connectivity index (χ0v) is 19.3. The van der Waals surface area contributed by atoms with Crippen molar-refractivity contribution in [3.05, 3.63) is 77.4 Å². The maximum Gasteiger partial charge on any atom is 0.338 e. The summed E-state index contributed by atoms with van der Waals surface area (Å²) in [5.74, 6) is -2.42. The first-order chi connectivity index (χ1) is 17.4. The highest BCUT2D eigenvalue weighted by Gasteiger charge is 2.33. The van der Waals surface area contributed by atoms with Gasteiger partial charge in [0.25, 0.3) is 17.7 Å². The van der Waals surface area contributed by atoms with E-state index in [1.54, 1.807) is 24.3 Å². The zero-order chi connectivity index (χ0) is 25.2. The molecule has 1 aliphatic heterocycles. The standard InChI is InChI=1S/C27H23N3O6/c31-22(29-27(35)28-18-7-1-2-8-18)15-36-26(34)17-11-13-19(14-12-17)30-24(32)20-9-3-5-16-6-4-10-21(23(16)20)25(30)33/h3-6,9-14,18H,1-2,7-8,15H2,(H2,28,29,31,35). The molecule has 2 aliphatic rings. The zero-order valence-electron chi connectivity index (χ0n) is 19.3. The van der Waals surface area contributed by atoms with Crippen molar-refractivity contribution in [1.29, 1.82) is 0 Å². The second kappa shape index (κ2) is 9.61. The molecule has 2 N–H and O–H groups in total. The molecule has 0 saturated heterocycles. The van der Waals surface area contributed by atoms with Crippen LogP contribution in [0.2, 0.25) is 0 Å². The fraction of sp³-hybridized carbons (Fsp3) is 0.222. The molecule has 182 valence electrons. The number of rotatable bonds is 5. The van der Waals surface area contributed by atoms with Crippen LogP contribution in [-0.2, 0) is 9.53 Å². The third-order valence-corrected chi connectivity index (χ3v) is 6.41. The minimum atomic E-state index is -0.778. The first kappa shape index (κ1) is 23.2. The van der Waals surface area contributed by atoms with Crippen LogP contribution in [0.15, 0.2) is 60.7 Å². The normalized spacial score (nSPS) is 15.2. The first-order valence-electron chi connectivity index (χ1n) is 11.7. The Bertz CT molecular complexity index is 1340. The Balaban J connectivity index is 1.22. The van der Waals surface area contributed by atoms with Crippen molar-refractivity contribution in [2.45, 2.75) is 31.7 Å². The summed E-state index contributed by atoms with van der Waals surface area (Å²) in [5.41, 5.74) is 1.28. The van der Waals surface area contributed by atoms with Crippen molar-refractivity contribution in [1.82, 2.24) is 10.6 Å². The fourth-order valence-corrected chi connectivity index (χ4v) is 4.68. The molecule has 1 aliphatic carbocycles. The molecule has 5 rings (SSSR count). The molecular formula is C27H23N3O6. The number of amides is 5. The SMILES string of the molecule is O=C(COC(=O)c1ccc(N2C(=O)c3cccc4cccc(c34)C2=O)cc1)NC(=O)NC1CCCC1. The number of imide groups is 2. The number of carbonyl (C=O) groups excluding carboxylic acids is 5. The second-order valence-corrected chi connectivity index (χ2v) is 8.78. The topological polar surface area (TPSA) is 122 Å². The molecule has 0 bridgehead atoms. The molecule has 0 spiro atoms. The maximum atomic E-state index is 13.1. The van der Waals surface area contributed by atoms with E-state index in [4.69, 9.17) is 4.74 Å². The van der Waals surface area contributed by atoms with Crippen LogP contribution in [0.5, 0.6) is 0 Å². The molecule has 5 amide bonds. The molecule has 36 heavy (non-hydrogen) atoms. The van der Waals surface area contributed by atoms with Crippen molar-refractivity contribution < 1.29 is 28.7 Å². The van der Waals surface area contributed by atoms with Gasteiger partial charge in [-0.05, 0) is 54.6 Å². The number of benzene rings is 3. The van der Waals surface area contributed by atoms with Crippen LogP contribution in [0.25, 0.3) is 10.8 Å². The molecule has 0 atom stereocenters. The van der Waals surface area contributed by atoms with E-state index in [0.29, 0.717) is 22.2 Å². The number of hydrogen-bond donors (Lipinski definition) is 2. The van der Waals surface area contributed by atoms with Crippen LogP contribution >= 0.6 is 0 Å². The number of hydrogen-bond acceptors (Lipinski definition) is 6. The van der Waals surface area contributed by atoms with Gasteiger partial charge in [-0.2, -0.15) is 0 Å². The summed E-state index contributed by atoms with van der Waals surface area (Å²) >= 11 is 0. The smallest absolute Gasteiger partial charge is 0.338 e. The Morgan fingerprint density at radius 1 is 0.861 bits per heavy atom. The maximum absolute atomic E-state index is 13.1. The molecule has 1 saturated carbocycles. The highest BCUT2D eigenvalue weighted by Crippen LogP contribution is 2.32. The van der Waals surface area contributed by atoms with Gasteiger partial charge in [-0.3, -0.25) is 19.7 Å². The van der Waals surface area contributed by atoms with Gasteiger partial charge in [0.05, 0.1) is 11.3 Å². The summed E-state index contributed by atoms with van der Waals surface area (Å²) in [6, 6.07) is 15.8. The van der Waals surface area contributed by atoms with E-state index in [-0.39, 0.29) is 11.6 Å². The molecule has 1 fully saturated rings. The van der Waals surface area contributed by atoms with Crippen molar-refractivity contribution in [3.63, 3.8) is 0 Å². The molecule has 3 aromatic carbocycles. The van der Waals surface area contributed by atoms with Gasteiger partial charge in [0, 0.05) is 22.6 Å². The van der Waals surface area contributed by atoms with Gasteiger partial charge in [-0.25, -0.2) is 14.5 Å². The van der Waals surface area contributed by atoms with Crippen LogP contribution in [0.1, 0.15) is 56.8 Å². The number of anilines is 1. The molecule has 9 heteroatoms. The Labute approximate surface area is 206 Å². The molecule has 0 unspecified atom stereocenters. The lowest BCUT2D eigenvalue weighted by atomic mass is 9.94.